The molecule has 7 nitrogen and oxygen atoms in total. The molecule has 2 N–H and O–H groups in total. The number of rotatable bonds is 5. The van der Waals surface area contributed by atoms with Gasteiger partial charge in [-0.3, -0.25) is 14.9 Å². The minimum absolute atomic E-state index is 0.0155. The summed E-state index contributed by atoms with van der Waals surface area (Å²) in [6.45, 7) is -0.0155. The monoisotopic (exact) mass is 390 g/mol. The van der Waals surface area contributed by atoms with Gasteiger partial charge in [-0.2, -0.15) is 0 Å². The SMILES string of the molecule is O=C(NC[C@@H](O)c1ccc([N+](=O)[O-])cc1)C1c2ccccc2Oc2ccccc21. The molecule has 1 aliphatic rings. The summed E-state index contributed by atoms with van der Waals surface area (Å²) >= 11 is 0. The van der Waals surface area contributed by atoms with Crippen LogP contribution < -0.4 is 10.1 Å². The van der Waals surface area contributed by atoms with Crippen molar-refractivity contribution in [3.63, 3.8) is 0 Å². The molecule has 0 radical (unpaired) electrons. The Bertz CT molecular complexity index is 1020. The van der Waals surface area contributed by atoms with Crippen molar-refractivity contribution in [1.29, 1.82) is 0 Å². The second-order valence-electron chi connectivity index (χ2n) is 6.72. The summed E-state index contributed by atoms with van der Waals surface area (Å²) in [4.78, 5) is 23.3. The van der Waals surface area contributed by atoms with Crippen LogP contribution in [0.5, 0.6) is 11.5 Å². The fraction of sp³-hybridized carbons (Fsp3) is 0.136. The summed E-state index contributed by atoms with van der Waals surface area (Å²) in [6, 6.07) is 20.3. The van der Waals surface area contributed by atoms with Gasteiger partial charge >= 0.3 is 0 Å². The molecule has 0 saturated heterocycles. The minimum Gasteiger partial charge on any atom is -0.457 e. The van der Waals surface area contributed by atoms with Crippen LogP contribution in [-0.2, 0) is 4.79 Å². The standard InChI is InChI=1S/C22H18N2O5/c25-18(14-9-11-15(12-10-14)24(27)28)13-23-22(26)21-16-5-1-3-7-19(16)29-20-8-4-2-6-17(20)21/h1-12,18,21,25H,13H2,(H,23,26)/t18-/m1/s1. The number of carbonyl (C=O) groups is 1. The molecule has 1 aliphatic heterocycles. The highest BCUT2D eigenvalue weighted by Gasteiger charge is 2.32. The first kappa shape index (κ1) is 18.6. The van der Waals surface area contributed by atoms with Crippen molar-refractivity contribution >= 4 is 11.6 Å². The minimum atomic E-state index is -0.981. The molecule has 1 heterocycles. The van der Waals surface area contributed by atoms with Gasteiger partial charge in [0.2, 0.25) is 5.91 Å². The second kappa shape index (κ2) is 7.73. The van der Waals surface area contributed by atoms with E-state index in [0.29, 0.717) is 17.1 Å². The lowest BCUT2D eigenvalue weighted by atomic mass is 9.87. The van der Waals surface area contributed by atoms with Crippen LogP contribution in [0.2, 0.25) is 0 Å². The molecule has 29 heavy (non-hydrogen) atoms. The Balaban J connectivity index is 1.52. The smallest absolute Gasteiger partial charge is 0.269 e. The van der Waals surface area contributed by atoms with Crippen molar-refractivity contribution in [3.8, 4) is 11.5 Å². The molecule has 0 unspecified atom stereocenters. The van der Waals surface area contributed by atoms with E-state index in [9.17, 15) is 20.0 Å². The number of hydrogen-bond acceptors (Lipinski definition) is 5. The number of nitrogens with zero attached hydrogens (tertiary/aromatic N) is 1. The van der Waals surface area contributed by atoms with Gasteiger partial charge in [-0.15, -0.1) is 0 Å². The van der Waals surface area contributed by atoms with E-state index >= 15 is 0 Å². The number of aliphatic hydroxyl groups is 1. The van der Waals surface area contributed by atoms with Gasteiger partial charge < -0.3 is 15.2 Å². The zero-order chi connectivity index (χ0) is 20.4. The van der Waals surface area contributed by atoms with E-state index in [-0.39, 0.29) is 18.1 Å². The lowest BCUT2D eigenvalue weighted by Crippen LogP contribution is -2.34. The fourth-order valence-electron chi connectivity index (χ4n) is 3.43. The van der Waals surface area contributed by atoms with Crippen molar-refractivity contribution < 1.29 is 19.6 Å². The number of hydrogen-bond donors (Lipinski definition) is 2. The first-order valence-corrected chi connectivity index (χ1v) is 9.10. The number of ether oxygens (including phenoxy) is 1. The van der Waals surface area contributed by atoms with E-state index < -0.39 is 16.9 Å². The Kier molecular flexibility index (Phi) is 4.97. The normalized spacial score (nSPS) is 13.6. The van der Waals surface area contributed by atoms with Crippen molar-refractivity contribution in [1.82, 2.24) is 5.32 Å². The van der Waals surface area contributed by atoms with E-state index in [0.717, 1.165) is 11.1 Å². The van der Waals surface area contributed by atoms with Crippen LogP contribution in [-0.4, -0.2) is 22.5 Å². The fourth-order valence-corrected chi connectivity index (χ4v) is 3.43. The van der Waals surface area contributed by atoms with Crippen LogP contribution in [0.3, 0.4) is 0 Å². The topological polar surface area (TPSA) is 102 Å². The van der Waals surface area contributed by atoms with Gasteiger partial charge in [-0.05, 0) is 29.8 Å². The summed E-state index contributed by atoms with van der Waals surface area (Å²) in [7, 11) is 0. The van der Waals surface area contributed by atoms with Crippen molar-refractivity contribution in [2.45, 2.75) is 12.0 Å². The number of benzene rings is 3. The molecular formula is C22H18N2O5. The maximum absolute atomic E-state index is 13.0. The number of nitro benzene ring substituents is 1. The molecule has 0 bridgehead atoms. The highest BCUT2D eigenvalue weighted by molar-refractivity contribution is 5.89. The Morgan fingerprint density at radius 3 is 2.10 bits per heavy atom. The van der Waals surface area contributed by atoms with E-state index in [1.165, 1.54) is 24.3 Å². The molecule has 3 aromatic carbocycles. The third-order valence-corrected chi connectivity index (χ3v) is 4.90. The molecule has 1 atom stereocenters. The quantitative estimate of drug-likeness (QED) is 0.511. The Morgan fingerprint density at radius 2 is 1.55 bits per heavy atom. The molecular weight excluding hydrogens is 372 g/mol. The van der Waals surface area contributed by atoms with E-state index in [4.69, 9.17) is 4.74 Å². The third-order valence-electron chi connectivity index (χ3n) is 4.90. The molecule has 0 saturated carbocycles. The Hall–Kier alpha value is -3.71. The zero-order valence-electron chi connectivity index (χ0n) is 15.3. The van der Waals surface area contributed by atoms with Crippen molar-refractivity contribution in [2.75, 3.05) is 6.54 Å². The first-order valence-electron chi connectivity index (χ1n) is 9.10. The largest absolute Gasteiger partial charge is 0.457 e. The Labute approximate surface area is 166 Å². The highest BCUT2D eigenvalue weighted by Crippen LogP contribution is 2.43. The van der Waals surface area contributed by atoms with Crippen LogP contribution in [0.4, 0.5) is 5.69 Å². The lowest BCUT2D eigenvalue weighted by Gasteiger charge is -2.27. The average Bonchev–Trinajstić information content (AvgIpc) is 2.75. The van der Waals surface area contributed by atoms with Gasteiger partial charge in [0.1, 0.15) is 11.5 Å². The molecule has 146 valence electrons. The predicted octanol–water partition coefficient (Wildman–Crippen LogP) is 3.68. The molecule has 3 aromatic rings. The van der Waals surface area contributed by atoms with E-state index in [1.54, 1.807) is 0 Å². The number of nitro groups is 1. The zero-order valence-corrected chi connectivity index (χ0v) is 15.3. The number of amides is 1. The predicted molar refractivity (Wildman–Crippen MR) is 106 cm³/mol. The van der Waals surface area contributed by atoms with Crippen LogP contribution in [0.1, 0.15) is 28.7 Å². The maximum atomic E-state index is 13.0. The highest BCUT2D eigenvalue weighted by atomic mass is 16.6. The number of fused-ring (bicyclic) bond motifs is 2. The van der Waals surface area contributed by atoms with E-state index in [2.05, 4.69) is 5.32 Å². The maximum Gasteiger partial charge on any atom is 0.269 e. The Morgan fingerprint density at radius 1 is 1.00 bits per heavy atom. The van der Waals surface area contributed by atoms with Crippen LogP contribution in [0, 0.1) is 10.1 Å². The van der Waals surface area contributed by atoms with Gasteiger partial charge in [0.05, 0.1) is 16.9 Å². The van der Waals surface area contributed by atoms with Gasteiger partial charge in [0, 0.05) is 29.8 Å². The number of aliphatic hydroxyl groups excluding tert-OH is 1. The van der Waals surface area contributed by atoms with Crippen molar-refractivity contribution in [3.05, 3.63) is 99.6 Å². The van der Waals surface area contributed by atoms with Gasteiger partial charge in [-0.25, -0.2) is 0 Å². The van der Waals surface area contributed by atoms with Gasteiger partial charge in [-0.1, -0.05) is 36.4 Å². The first-order chi connectivity index (χ1) is 14.0. The summed E-state index contributed by atoms with van der Waals surface area (Å²) in [5, 5.41) is 23.9. The molecule has 0 fully saturated rings. The number of para-hydroxylation sites is 2. The van der Waals surface area contributed by atoms with E-state index in [1.807, 2.05) is 48.5 Å². The summed E-state index contributed by atoms with van der Waals surface area (Å²) in [6.07, 6.45) is -0.981. The van der Waals surface area contributed by atoms with Gasteiger partial charge in [0.25, 0.3) is 5.69 Å². The second-order valence-corrected chi connectivity index (χ2v) is 6.72. The molecule has 0 aliphatic carbocycles. The summed E-state index contributed by atoms with van der Waals surface area (Å²) < 4.78 is 5.90. The van der Waals surface area contributed by atoms with Crippen molar-refractivity contribution in [2.24, 2.45) is 0 Å². The number of nitrogens with one attached hydrogen (secondary N) is 1. The molecule has 0 spiro atoms. The summed E-state index contributed by atoms with van der Waals surface area (Å²) in [5.41, 5.74) is 1.95. The average molecular weight is 390 g/mol. The van der Waals surface area contributed by atoms with Gasteiger partial charge in [0.15, 0.2) is 0 Å². The summed E-state index contributed by atoms with van der Waals surface area (Å²) in [5.74, 6) is 0.443. The van der Waals surface area contributed by atoms with Crippen LogP contribution in [0.15, 0.2) is 72.8 Å². The molecule has 0 aromatic heterocycles. The molecule has 4 rings (SSSR count). The number of carbonyl (C=O) groups excluding carboxylic acids is 1. The van der Waals surface area contributed by atoms with Crippen LogP contribution in [0.25, 0.3) is 0 Å². The molecule has 1 amide bonds. The third kappa shape index (κ3) is 3.68. The van der Waals surface area contributed by atoms with Crippen LogP contribution >= 0.6 is 0 Å². The molecule has 7 heteroatoms. The lowest BCUT2D eigenvalue weighted by molar-refractivity contribution is -0.384. The number of non-ortho nitro benzene ring substituents is 1.